The second-order valence-corrected chi connectivity index (χ2v) is 5.61. The van der Waals surface area contributed by atoms with E-state index >= 15 is 0 Å². The number of anilines is 1. The van der Waals surface area contributed by atoms with Crippen LogP contribution in [-0.4, -0.2) is 18.2 Å². The Kier molecular flexibility index (Phi) is 5.08. The second kappa shape index (κ2) is 6.80. The molecule has 3 nitrogen and oxygen atoms in total. The lowest BCUT2D eigenvalue weighted by molar-refractivity contribution is 0.458. The standard InChI is InChI=1S/C11H15NO.C5H11N/c1-7-6-10(12)8-4-2-3-5-9(8)11(7)13;1-2-4-6-5-3-1/h6,13H,2-5,12H2,1H3;6H,1-5H2. The van der Waals surface area contributed by atoms with E-state index in [4.69, 9.17) is 5.73 Å². The highest BCUT2D eigenvalue weighted by Gasteiger charge is 2.17. The lowest BCUT2D eigenvalue weighted by Gasteiger charge is -2.20. The fraction of sp³-hybridized carbons (Fsp3) is 0.625. The minimum Gasteiger partial charge on any atom is -0.507 e. The van der Waals surface area contributed by atoms with Gasteiger partial charge in [0.1, 0.15) is 5.75 Å². The fourth-order valence-electron chi connectivity index (χ4n) is 2.91. The molecule has 1 fully saturated rings. The number of aromatic hydroxyl groups is 1. The Hall–Kier alpha value is -1.22. The summed E-state index contributed by atoms with van der Waals surface area (Å²) in [6.07, 6.45) is 8.58. The zero-order chi connectivity index (χ0) is 13.7. The third kappa shape index (κ3) is 3.63. The van der Waals surface area contributed by atoms with E-state index in [1.807, 2.05) is 13.0 Å². The van der Waals surface area contributed by atoms with Gasteiger partial charge < -0.3 is 16.2 Å². The number of nitrogen functional groups attached to an aromatic ring is 1. The van der Waals surface area contributed by atoms with Crippen molar-refractivity contribution in [1.29, 1.82) is 0 Å². The minimum absolute atomic E-state index is 0.462. The van der Waals surface area contributed by atoms with E-state index in [9.17, 15) is 5.11 Å². The number of nitrogens with one attached hydrogen (secondary N) is 1. The monoisotopic (exact) mass is 262 g/mol. The van der Waals surface area contributed by atoms with Gasteiger partial charge in [0.05, 0.1) is 0 Å². The van der Waals surface area contributed by atoms with Crippen LogP contribution in [0.25, 0.3) is 0 Å². The molecular weight excluding hydrogens is 236 g/mol. The first-order valence-electron chi connectivity index (χ1n) is 7.50. The average molecular weight is 262 g/mol. The summed E-state index contributed by atoms with van der Waals surface area (Å²) in [5, 5.41) is 13.1. The van der Waals surface area contributed by atoms with Crippen LogP contribution in [0.3, 0.4) is 0 Å². The summed E-state index contributed by atoms with van der Waals surface area (Å²) in [5.74, 6) is 0.462. The predicted octanol–water partition coefficient (Wildman–Crippen LogP) is 2.92. The third-order valence-corrected chi connectivity index (χ3v) is 4.05. The van der Waals surface area contributed by atoms with Crippen molar-refractivity contribution in [2.45, 2.75) is 51.9 Å². The Morgan fingerprint density at radius 2 is 1.63 bits per heavy atom. The number of phenolic OH excluding ortho intramolecular Hbond substituents is 1. The maximum Gasteiger partial charge on any atom is 0.122 e. The van der Waals surface area contributed by atoms with Crippen molar-refractivity contribution in [2.24, 2.45) is 0 Å². The molecule has 0 aromatic heterocycles. The SMILES string of the molecule is C1CCNCC1.Cc1cc(N)c2c(c1O)CCCC2. The van der Waals surface area contributed by atoms with Crippen LogP contribution in [-0.2, 0) is 12.8 Å². The Balaban J connectivity index is 0.000000186. The first kappa shape index (κ1) is 14.2. The summed E-state index contributed by atoms with van der Waals surface area (Å²) < 4.78 is 0. The molecule has 1 aliphatic carbocycles. The van der Waals surface area contributed by atoms with Crippen LogP contribution in [0.15, 0.2) is 6.07 Å². The van der Waals surface area contributed by atoms with Gasteiger partial charge in [0, 0.05) is 5.69 Å². The number of rotatable bonds is 0. The van der Waals surface area contributed by atoms with Crippen LogP contribution in [0.2, 0.25) is 0 Å². The summed E-state index contributed by atoms with van der Waals surface area (Å²) >= 11 is 0. The molecule has 0 bridgehead atoms. The smallest absolute Gasteiger partial charge is 0.122 e. The van der Waals surface area contributed by atoms with Gasteiger partial charge in [0.2, 0.25) is 0 Å². The molecule has 106 valence electrons. The van der Waals surface area contributed by atoms with E-state index in [2.05, 4.69) is 5.32 Å². The summed E-state index contributed by atoms with van der Waals surface area (Å²) in [5.41, 5.74) is 9.92. The Morgan fingerprint density at radius 3 is 2.16 bits per heavy atom. The van der Waals surface area contributed by atoms with Crippen molar-refractivity contribution < 1.29 is 5.11 Å². The zero-order valence-corrected chi connectivity index (χ0v) is 12.0. The number of hydrogen-bond donors (Lipinski definition) is 3. The van der Waals surface area contributed by atoms with E-state index in [1.165, 1.54) is 50.8 Å². The molecule has 4 N–H and O–H groups in total. The predicted molar refractivity (Wildman–Crippen MR) is 80.6 cm³/mol. The molecule has 1 aromatic carbocycles. The zero-order valence-electron chi connectivity index (χ0n) is 12.0. The molecule has 0 saturated carbocycles. The van der Waals surface area contributed by atoms with Gasteiger partial charge in [-0.2, -0.15) is 0 Å². The van der Waals surface area contributed by atoms with Crippen LogP contribution in [0.5, 0.6) is 5.75 Å². The number of hydrogen-bond acceptors (Lipinski definition) is 3. The van der Waals surface area contributed by atoms with Gasteiger partial charge >= 0.3 is 0 Å². The first-order chi connectivity index (χ1) is 9.20. The molecule has 0 spiro atoms. The highest BCUT2D eigenvalue weighted by atomic mass is 16.3. The number of fused-ring (bicyclic) bond motifs is 1. The van der Waals surface area contributed by atoms with Gasteiger partial charge in [0.15, 0.2) is 0 Å². The molecule has 1 aliphatic heterocycles. The maximum absolute atomic E-state index is 9.81. The van der Waals surface area contributed by atoms with Gasteiger partial charge in [-0.15, -0.1) is 0 Å². The fourth-order valence-corrected chi connectivity index (χ4v) is 2.91. The topological polar surface area (TPSA) is 58.3 Å². The molecular formula is C16H26N2O. The number of piperidine rings is 1. The van der Waals surface area contributed by atoms with Crippen LogP contribution in [0.4, 0.5) is 5.69 Å². The molecule has 0 unspecified atom stereocenters. The van der Waals surface area contributed by atoms with Crippen LogP contribution >= 0.6 is 0 Å². The van der Waals surface area contributed by atoms with Crippen molar-refractivity contribution in [3.8, 4) is 5.75 Å². The molecule has 1 heterocycles. The highest BCUT2D eigenvalue weighted by Crippen LogP contribution is 2.35. The van der Waals surface area contributed by atoms with Gasteiger partial charge in [-0.3, -0.25) is 0 Å². The molecule has 3 rings (SSSR count). The Labute approximate surface area is 116 Å². The van der Waals surface area contributed by atoms with Crippen molar-refractivity contribution in [2.75, 3.05) is 18.8 Å². The van der Waals surface area contributed by atoms with E-state index in [0.717, 1.165) is 29.7 Å². The average Bonchev–Trinajstić information content (AvgIpc) is 2.47. The highest BCUT2D eigenvalue weighted by molar-refractivity contribution is 5.60. The molecule has 1 aromatic rings. The lowest BCUT2D eigenvalue weighted by atomic mass is 9.88. The Bertz CT molecular complexity index is 414. The molecule has 3 heteroatoms. The van der Waals surface area contributed by atoms with Crippen LogP contribution in [0.1, 0.15) is 48.8 Å². The number of benzene rings is 1. The van der Waals surface area contributed by atoms with Gasteiger partial charge in [-0.05, 0) is 81.3 Å². The van der Waals surface area contributed by atoms with E-state index in [0.29, 0.717) is 5.75 Å². The normalized spacial score (nSPS) is 18.2. The van der Waals surface area contributed by atoms with Gasteiger partial charge in [-0.1, -0.05) is 6.42 Å². The van der Waals surface area contributed by atoms with Crippen LogP contribution < -0.4 is 11.1 Å². The quantitative estimate of drug-likeness (QED) is 0.498. The number of nitrogens with two attached hydrogens (primary N) is 1. The minimum atomic E-state index is 0.462. The summed E-state index contributed by atoms with van der Waals surface area (Å²) in [6.45, 7) is 4.40. The van der Waals surface area contributed by atoms with Crippen molar-refractivity contribution >= 4 is 5.69 Å². The molecule has 19 heavy (non-hydrogen) atoms. The molecule has 2 aliphatic rings. The number of aryl methyl sites for hydroxylation is 1. The van der Waals surface area contributed by atoms with Gasteiger partial charge in [0.25, 0.3) is 0 Å². The molecule has 0 atom stereocenters. The number of phenols is 1. The first-order valence-corrected chi connectivity index (χ1v) is 7.50. The largest absolute Gasteiger partial charge is 0.507 e. The van der Waals surface area contributed by atoms with Crippen LogP contribution in [0, 0.1) is 6.92 Å². The maximum atomic E-state index is 9.81. The molecule has 0 radical (unpaired) electrons. The summed E-state index contributed by atoms with van der Waals surface area (Å²) in [6, 6.07) is 1.87. The van der Waals surface area contributed by atoms with E-state index in [1.54, 1.807) is 0 Å². The third-order valence-electron chi connectivity index (χ3n) is 4.05. The van der Waals surface area contributed by atoms with Crippen molar-refractivity contribution in [3.63, 3.8) is 0 Å². The molecule has 1 saturated heterocycles. The summed E-state index contributed by atoms with van der Waals surface area (Å²) in [7, 11) is 0. The van der Waals surface area contributed by atoms with E-state index in [-0.39, 0.29) is 0 Å². The molecule has 0 amide bonds. The Morgan fingerprint density at radius 1 is 1.00 bits per heavy atom. The lowest BCUT2D eigenvalue weighted by Crippen LogP contribution is -2.21. The summed E-state index contributed by atoms with van der Waals surface area (Å²) in [4.78, 5) is 0. The van der Waals surface area contributed by atoms with Crippen molar-refractivity contribution in [1.82, 2.24) is 5.32 Å². The second-order valence-electron chi connectivity index (χ2n) is 5.61. The van der Waals surface area contributed by atoms with E-state index < -0.39 is 0 Å². The van der Waals surface area contributed by atoms with Crippen molar-refractivity contribution in [3.05, 3.63) is 22.8 Å². The van der Waals surface area contributed by atoms with Gasteiger partial charge in [-0.25, -0.2) is 0 Å².